The molecule has 4 rings (SSSR count). The quantitative estimate of drug-likeness (QED) is 0.716. The van der Waals surface area contributed by atoms with Gasteiger partial charge in [0.25, 0.3) is 11.8 Å². The summed E-state index contributed by atoms with van der Waals surface area (Å²) in [7, 11) is 5.09. The maximum atomic E-state index is 13.5. The first-order chi connectivity index (χ1) is 16.6. The maximum Gasteiger partial charge on any atom is 0.257 e. The molecule has 186 valence electrons. The van der Waals surface area contributed by atoms with Gasteiger partial charge in [-0.25, -0.2) is 8.78 Å². The maximum absolute atomic E-state index is 13.5. The van der Waals surface area contributed by atoms with Crippen LogP contribution in [0.15, 0.2) is 36.4 Å². The average molecular weight is 488 g/mol. The van der Waals surface area contributed by atoms with Gasteiger partial charge >= 0.3 is 0 Å². The molecule has 2 aromatic carbocycles. The van der Waals surface area contributed by atoms with Crippen molar-refractivity contribution in [2.45, 2.75) is 37.5 Å². The first kappa shape index (κ1) is 24.6. The third-order valence-electron chi connectivity index (χ3n) is 6.35. The van der Waals surface area contributed by atoms with Gasteiger partial charge in [-0.05, 0) is 49.2 Å². The molecule has 1 N–H and O–H groups in total. The molecule has 0 unspecified atom stereocenters. The van der Waals surface area contributed by atoms with Crippen molar-refractivity contribution >= 4 is 23.4 Å². The van der Waals surface area contributed by atoms with Crippen LogP contribution in [0.2, 0.25) is 0 Å². The number of hydrogen-bond acceptors (Lipinski definition) is 5. The zero-order valence-corrected chi connectivity index (χ0v) is 19.7. The molecule has 2 aliphatic rings. The first-order valence-electron chi connectivity index (χ1n) is 11.3. The Bertz CT molecular complexity index is 1160. The number of nitrogens with one attached hydrogen (secondary N) is 1. The van der Waals surface area contributed by atoms with Crippen LogP contribution in [0.5, 0.6) is 5.75 Å². The molecule has 2 heterocycles. The highest BCUT2D eigenvalue weighted by Crippen LogP contribution is 2.32. The Hall–Kier alpha value is -3.53. The van der Waals surface area contributed by atoms with Gasteiger partial charge in [-0.2, -0.15) is 0 Å². The predicted molar refractivity (Wildman–Crippen MR) is 123 cm³/mol. The Morgan fingerprint density at radius 1 is 1.11 bits per heavy atom. The van der Waals surface area contributed by atoms with Crippen LogP contribution >= 0.6 is 0 Å². The molecule has 2 aliphatic heterocycles. The molecule has 0 saturated carbocycles. The normalized spacial score (nSPS) is 21.7. The van der Waals surface area contributed by atoms with E-state index in [1.165, 1.54) is 17.0 Å². The van der Waals surface area contributed by atoms with Crippen molar-refractivity contribution in [2.75, 3.05) is 33.1 Å². The number of likely N-dealkylation sites (N-methyl/N-ethyl adjacent to an activating group) is 1. The number of hydrogen-bond donors (Lipinski definition) is 1. The van der Waals surface area contributed by atoms with Gasteiger partial charge in [-0.15, -0.1) is 0 Å². The number of benzene rings is 2. The predicted octanol–water partition coefficient (Wildman–Crippen LogP) is 3.08. The molecule has 0 aromatic heterocycles. The van der Waals surface area contributed by atoms with Crippen LogP contribution in [0.3, 0.4) is 0 Å². The number of fused-ring (bicyclic) bond motifs is 2. The fraction of sp³-hybridized carbons (Fsp3) is 0.400. The Balaban J connectivity index is 1.50. The number of anilines is 1. The van der Waals surface area contributed by atoms with E-state index in [2.05, 4.69) is 5.32 Å². The second-order valence-electron chi connectivity index (χ2n) is 8.95. The van der Waals surface area contributed by atoms with Crippen LogP contribution in [0, 0.1) is 11.6 Å². The number of rotatable bonds is 4. The number of halogens is 2. The van der Waals surface area contributed by atoms with E-state index in [9.17, 15) is 23.2 Å². The van der Waals surface area contributed by atoms with Crippen molar-refractivity contribution in [3.8, 4) is 5.75 Å². The highest BCUT2D eigenvalue weighted by molar-refractivity contribution is 6.05. The number of ether oxygens (including phenoxy) is 2. The van der Waals surface area contributed by atoms with Gasteiger partial charge in [-0.1, -0.05) is 0 Å². The highest BCUT2D eigenvalue weighted by Gasteiger charge is 2.39. The van der Waals surface area contributed by atoms with E-state index in [0.717, 1.165) is 12.1 Å². The summed E-state index contributed by atoms with van der Waals surface area (Å²) in [6.07, 6.45) is 0.925. The summed E-state index contributed by atoms with van der Waals surface area (Å²) in [5.41, 5.74) is 0.516. The second kappa shape index (κ2) is 9.99. The Morgan fingerprint density at radius 3 is 2.60 bits per heavy atom. The largest absolute Gasteiger partial charge is 0.490 e. The summed E-state index contributed by atoms with van der Waals surface area (Å²) in [5, 5.41) is 2.60. The van der Waals surface area contributed by atoms with Gasteiger partial charge < -0.3 is 24.6 Å². The van der Waals surface area contributed by atoms with Gasteiger partial charge in [0.2, 0.25) is 5.91 Å². The number of carbonyl (C=O) groups excluding carboxylic acids is 3. The second-order valence-corrected chi connectivity index (χ2v) is 8.95. The summed E-state index contributed by atoms with van der Waals surface area (Å²) < 4.78 is 38.7. The molecule has 35 heavy (non-hydrogen) atoms. The third kappa shape index (κ3) is 5.27. The molecular formula is C25H27F2N3O5. The van der Waals surface area contributed by atoms with Crippen LogP contribution < -0.4 is 10.1 Å². The van der Waals surface area contributed by atoms with Gasteiger partial charge in [0.1, 0.15) is 18.5 Å². The summed E-state index contributed by atoms with van der Waals surface area (Å²) in [6, 6.07) is 7.24. The molecule has 10 heteroatoms. The standard InChI is InChI=1S/C25H27F2N3O5/c1-29(2)23(31)12-16-6-8-20-22(35-16)13-34-21-9-5-15(11-17(21)25(33)30(20)3)28-24(32)14-4-7-18(26)19(27)10-14/h4-5,7,9-11,16,20,22H,6,8,12-13H2,1-3H3,(H,28,32)/t16-,20-,22-/m1/s1. The minimum atomic E-state index is -1.13. The van der Waals surface area contributed by atoms with Crippen LogP contribution in [0.1, 0.15) is 40.0 Å². The smallest absolute Gasteiger partial charge is 0.257 e. The summed E-state index contributed by atoms with van der Waals surface area (Å²) in [4.78, 5) is 41.0. The van der Waals surface area contributed by atoms with Crippen LogP contribution in [0.25, 0.3) is 0 Å². The van der Waals surface area contributed by atoms with E-state index in [4.69, 9.17) is 9.47 Å². The minimum absolute atomic E-state index is 0.0204. The van der Waals surface area contributed by atoms with Crippen molar-refractivity contribution in [1.82, 2.24) is 9.80 Å². The van der Waals surface area contributed by atoms with Crippen molar-refractivity contribution in [2.24, 2.45) is 0 Å². The Labute approximate surface area is 201 Å². The number of nitrogens with zero attached hydrogens (tertiary/aromatic N) is 2. The summed E-state index contributed by atoms with van der Waals surface area (Å²) in [5.74, 6) is -2.80. The molecule has 0 spiro atoms. The molecule has 3 amide bonds. The highest BCUT2D eigenvalue weighted by atomic mass is 19.2. The van der Waals surface area contributed by atoms with Crippen molar-refractivity contribution in [3.63, 3.8) is 0 Å². The van der Waals surface area contributed by atoms with E-state index >= 15 is 0 Å². The van der Waals surface area contributed by atoms with Gasteiger partial charge in [0, 0.05) is 32.4 Å². The number of amides is 3. The third-order valence-corrected chi connectivity index (χ3v) is 6.35. The monoisotopic (exact) mass is 487 g/mol. The van der Waals surface area contributed by atoms with Gasteiger partial charge in [0.05, 0.1) is 24.1 Å². The van der Waals surface area contributed by atoms with Crippen LogP contribution in [-0.4, -0.2) is 73.5 Å². The van der Waals surface area contributed by atoms with E-state index in [1.807, 2.05) is 0 Å². The number of carbonyl (C=O) groups is 3. The van der Waals surface area contributed by atoms with Gasteiger partial charge in [0.15, 0.2) is 11.6 Å². The van der Waals surface area contributed by atoms with Crippen molar-refractivity contribution < 1.29 is 32.6 Å². The zero-order valence-electron chi connectivity index (χ0n) is 19.7. The SMILES string of the molecule is CN(C)C(=O)C[C@H]1CC[C@@H]2[C@@H](COc3ccc(NC(=O)c4ccc(F)c(F)c4)cc3C(=O)N2C)O1. The van der Waals surface area contributed by atoms with E-state index in [1.54, 1.807) is 38.2 Å². The van der Waals surface area contributed by atoms with E-state index in [-0.39, 0.29) is 48.1 Å². The molecule has 1 fully saturated rings. The molecule has 0 bridgehead atoms. The average Bonchev–Trinajstić information content (AvgIpc) is 2.83. The molecular weight excluding hydrogens is 460 g/mol. The fourth-order valence-corrected chi connectivity index (χ4v) is 4.32. The molecule has 8 nitrogen and oxygen atoms in total. The zero-order chi connectivity index (χ0) is 25.3. The molecule has 0 aliphatic carbocycles. The lowest BCUT2D eigenvalue weighted by molar-refractivity contribution is -0.140. The lowest BCUT2D eigenvalue weighted by Gasteiger charge is -2.42. The first-order valence-corrected chi connectivity index (χ1v) is 11.3. The summed E-state index contributed by atoms with van der Waals surface area (Å²) in [6.45, 7) is 0.197. The van der Waals surface area contributed by atoms with Gasteiger partial charge in [-0.3, -0.25) is 14.4 Å². The molecule has 2 aromatic rings. The molecule has 1 saturated heterocycles. The summed E-state index contributed by atoms with van der Waals surface area (Å²) >= 11 is 0. The van der Waals surface area contributed by atoms with Crippen LogP contribution in [0.4, 0.5) is 14.5 Å². The Kier molecular flexibility index (Phi) is 7.02. The Morgan fingerprint density at radius 2 is 1.89 bits per heavy atom. The van der Waals surface area contributed by atoms with Crippen LogP contribution in [-0.2, 0) is 9.53 Å². The minimum Gasteiger partial charge on any atom is -0.490 e. The van der Waals surface area contributed by atoms with E-state index < -0.39 is 23.6 Å². The fourth-order valence-electron chi connectivity index (χ4n) is 4.32. The van der Waals surface area contributed by atoms with E-state index in [0.29, 0.717) is 24.3 Å². The van der Waals surface area contributed by atoms with Crippen molar-refractivity contribution in [3.05, 3.63) is 59.2 Å². The van der Waals surface area contributed by atoms with Crippen molar-refractivity contribution in [1.29, 1.82) is 0 Å². The molecule has 0 radical (unpaired) electrons. The lowest BCUT2D eigenvalue weighted by Crippen LogP contribution is -2.53. The topological polar surface area (TPSA) is 88.2 Å². The molecule has 3 atom stereocenters. The lowest BCUT2D eigenvalue weighted by atomic mass is 9.94.